The molecule has 1 heterocycles. The van der Waals surface area contributed by atoms with E-state index in [4.69, 9.17) is 10.2 Å². The van der Waals surface area contributed by atoms with Gasteiger partial charge in [0.2, 0.25) is 0 Å². The topological polar surface area (TPSA) is 56.2 Å². The van der Waals surface area contributed by atoms with Gasteiger partial charge < -0.3 is 10.2 Å². The van der Waals surface area contributed by atoms with Gasteiger partial charge in [0.25, 0.3) is 0 Å². The summed E-state index contributed by atoms with van der Waals surface area (Å²) < 4.78 is 5.26. The highest BCUT2D eigenvalue weighted by molar-refractivity contribution is 5.97. The molecule has 1 aromatic heterocycles. The van der Waals surface area contributed by atoms with Gasteiger partial charge in [-0.2, -0.15) is 0 Å². The zero-order valence-corrected chi connectivity index (χ0v) is 8.09. The largest absolute Gasteiger partial charge is 0.466 e. The second-order valence-electron chi connectivity index (χ2n) is 3.14. The van der Waals surface area contributed by atoms with Gasteiger partial charge in [-0.25, -0.2) is 0 Å². The normalized spacial score (nSPS) is 10.4. The molecule has 0 atom stereocenters. The number of furan rings is 1. The van der Waals surface area contributed by atoms with Crippen molar-refractivity contribution in [1.29, 1.82) is 0 Å². The lowest BCUT2D eigenvalue weighted by Gasteiger charge is -1.96. The fourth-order valence-electron chi connectivity index (χ4n) is 1.30. The molecule has 0 aliphatic carbocycles. The Labute approximate surface area is 77.9 Å². The molecule has 0 unspecified atom stereocenters. The number of nitrogens with two attached hydrogens (primary N) is 1. The van der Waals surface area contributed by atoms with Gasteiger partial charge in [0, 0.05) is 6.42 Å². The Morgan fingerprint density at radius 2 is 2.23 bits per heavy atom. The van der Waals surface area contributed by atoms with Gasteiger partial charge in [0.1, 0.15) is 11.5 Å². The van der Waals surface area contributed by atoms with E-state index in [1.165, 1.54) is 0 Å². The molecule has 0 bridgehead atoms. The maximum Gasteiger partial charge on any atom is 0.166 e. The smallest absolute Gasteiger partial charge is 0.166 e. The third-order valence-corrected chi connectivity index (χ3v) is 1.95. The van der Waals surface area contributed by atoms with Crippen LogP contribution in [0.1, 0.15) is 34.7 Å². The third kappa shape index (κ3) is 2.42. The number of carbonyl (C=O) groups excluding carboxylic acids is 1. The van der Waals surface area contributed by atoms with Crippen molar-refractivity contribution in [1.82, 2.24) is 0 Å². The summed E-state index contributed by atoms with van der Waals surface area (Å²) in [5.41, 5.74) is 6.02. The lowest BCUT2D eigenvalue weighted by atomic mass is 10.1. The number of hydrogen-bond acceptors (Lipinski definition) is 3. The fourth-order valence-corrected chi connectivity index (χ4v) is 1.30. The van der Waals surface area contributed by atoms with Crippen molar-refractivity contribution < 1.29 is 9.21 Å². The molecule has 2 N–H and O–H groups in total. The van der Waals surface area contributed by atoms with Crippen LogP contribution in [-0.4, -0.2) is 12.3 Å². The van der Waals surface area contributed by atoms with E-state index in [2.05, 4.69) is 0 Å². The molecule has 1 aromatic rings. The van der Waals surface area contributed by atoms with Crippen molar-refractivity contribution in [2.45, 2.75) is 26.7 Å². The number of hydrogen-bond donors (Lipinski definition) is 1. The molecular weight excluding hydrogens is 166 g/mol. The molecular formula is C10H15NO2. The summed E-state index contributed by atoms with van der Waals surface area (Å²) in [5, 5.41) is 0. The average Bonchev–Trinajstić information content (AvgIpc) is 2.41. The lowest BCUT2D eigenvalue weighted by Crippen LogP contribution is -2.04. The van der Waals surface area contributed by atoms with Crippen LogP contribution in [0, 0.1) is 13.8 Å². The van der Waals surface area contributed by atoms with Crippen LogP contribution in [0.5, 0.6) is 0 Å². The molecule has 0 fully saturated rings. The SMILES string of the molecule is Cc1cc(C(=O)CCCN)c(C)o1. The molecule has 0 saturated heterocycles. The molecule has 0 saturated carbocycles. The first-order valence-corrected chi connectivity index (χ1v) is 4.45. The minimum absolute atomic E-state index is 0.125. The molecule has 0 aromatic carbocycles. The Balaban J connectivity index is 2.70. The number of carbonyl (C=O) groups is 1. The van der Waals surface area contributed by atoms with Gasteiger partial charge in [-0.3, -0.25) is 4.79 Å². The number of Topliss-reactive ketones (excluding diaryl/α,β-unsaturated/α-hetero) is 1. The lowest BCUT2D eigenvalue weighted by molar-refractivity contribution is 0.0979. The predicted molar refractivity (Wildman–Crippen MR) is 50.8 cm³/mol. The minimum Gasteiger partial charge on any atom is -0.466 e. The van der Waals surface area contributed by atoms with Crippen molar-refractivity contribution in [3.05, 3.63) is 23.2 Å². The van der Waals surface area contributed by atoms with Crippen molar-refractivity contribution in [3.63, 3.8) is 0 Å². The van der Waals surface area contributed by atoms with Gasteiger partial charge in [0.05, 0.1) is 5.56 Å². The van der Waals surface area contributed by atoms with E-state index in [9.17, 15) is 4.79 Å². The van der Waals surface area contributed by atoms with E-state index in [1.54, 1.807) is 6.07 Å². The summed E-state index contributed by atoms with van der Waals surface area (Å²) in [4.78, 5) is 11.5. The first-order chi connectivity index (χ1) is 6.15. The first kappa shape index (κ1) is 9.99. The van der Waals surface area contributed by atoms with Crippen LogP contribution in [0.25, 0.3) is 0 Å². The van der Waals surface area contributed by atoms with E-state index in [-0.39, 0.29) is 5.78 Å². The van der Waals surface area contributed by atoms with Crippen molar-refractivity contribution >= 4 is 5.78 Å². The van der Waals surface area contributed by atoms with Crippen LogP contribution in [0.15, 0.2) is 10.5 Å². The highest BCUT2D eigenvalue weighted by atomic mass is 16.3. The third-order valence-electron chi connectivity index (χ3n) is 1.95. The number of rotatable bonds is 4. The van der Waals surface area contributed by atoms with E-state index < -0.39 is 0 Å². The van der Waals surface area contributed by atoms with Crippen LogP contribution in [0.3, 0.4) is 0 Å². The summed E-state index contributed by atoms with van der Waals surface area (Å²) in [6.07, 6.45) is 1.25. The summed E-state index contributed by atoms with van der Waals surface area (Å²) in [5.74, 6) is 1.62. The molecule has 72 valence electrons. The maximum absolute atomic E-state index is 11.5. The van der Waals surface area contributed by atoms with E-state index in [1.807, 2.05) is 13.8 Å². The van der Waals surface area contributed by atoms with Gasteiger partial charge >= 0.3 is 0 Å². The van der Waals surface area contributed by atoms with Gasteiger partial charge in [-0.1, -0.05) is 0 Å². The highest BCUT2D eigenvalue weighted by Gasteiger charge is 2.12. The van der Waals surface area contributed by atoms with Crippen molar-refractivity contribution in [2.24, 2.45) is 5.73 Å². The summed E-state index contributed by atoms with van der Waals surface area (Å²) in [6.45, 7) is 4.21. The standard InChI is InChI=1S/C10H15NO2/c1-7-6-9(8(2)13-7)10(12)4-3-5-11/h6H,3-5,11H2,1-2H3. The van der Waals surface area contributed by atoms with E-state index in [0.29, 0.717) is 24.3 Å². The minimum atomic E-state index is 0.125. The monoisotopic (exact) mass is 181 g/mol. The Morgan fingerprint density at radius 3 is 2.69 bits per heavy atom. The molecule has 0 radical (unpaired) electrons. The predicted octanol–water partition coefficient (Wildman–Crippen LogP) is 1.82. The van der Waals surface area contributed by atoms with E-state index in [0.717, 1.165) is 12.2 Å². The Kier molecular flexibility index (Phi) is 3.25. The first-order valence-electron chi connectivity index (χ1n) is 4.45. The molecule has 0 aliphatic rings. The molecule has 13 heavy (non-hydrogen) atoms. The maximum atomic E-state index is 11.5. The van der Waals surface area contributed by atoms with Crippen LogP contribution in [0.4, 0.5) is 0 Å². The van der Waals surface area contributed by atoms with Crippen LogP contribution >= 0.6 is 0 Å². The highest BCUT2D eigenvalue weighted by Crippen LogP contribution is 2.15. The Morgan fingerprint density at radius 1 is 1.54 bits per heavy atom. The summed E-state index contributed by atoms with van der Waals surface area (Å²) in [7, 11) is 0. The molecule has 1 rings (SSSR count). The van der Waals surface area contributed by atoms with Crippen LogP contribution in [0.2, 0.25) is 0 Å². The number of ketones is 1. The second-order valence-corrected chi connectivity index (χ2v) is 3.14. The van der Waals surface area contributed by atoms with Crippen LogP contribution in [-0.2, 0) is 0 Å². The second kappa shape index (κ2) is 4.23. The molecule has 3 heteroatoms. The van der Waals surface area contributed by atoms with Crippen molar-refractivity contribution in [3.8, 4) is 0 Å². The molecule has 0 amide bonds. The summed E-state index contributed by atoms with van der Waals surface area (Å²) in [6, 6.07) is 1.79. The zero-order chi connectivity index (χ0) is 9.84. The molecule has 0 aliphatic heterocycles. The zero-order valence-electron chi connectivity index (χ0n) is 8.09. The van der Waals surface area contributed by atoms with Crippen molar-refractivity contribution in [2.75, 3.05) is 6.54 Å². The summed E-state index contributed by atoms with van der Waals surface area (Å²) >= 11 is 0. The average molecular weight is 181 g/mol. The van der Waals surface area contributed by atoms with Gasteiger partial charge in [-0.05, 0) is 32.9 Å². The van der Waals surface area contributed by atoms with Gasteiger partial charge in [-0.15, -0.1) is 0 Å². The van der Waals surface area contributed by atoms with E-state index >= 15 is 0 Å². The van der Waals surface area contributed by atoms with Gasteiger partial charge in [0.15, 0.2) is 5.78 Å². The number of aryl methyl sites for hydroxylation is 2. The quantitative estimate of drug-likeness (QED) is 0.721. The molecule has 3 nitrogen and oxygen atoms in total. The molecule has 0 spiro atoms. The fraction of sp³-hybridized carbons (Fsp3) is 0.500. The Bertz CT molecular complexity index is 302. The Hall–Kier alpha value is -1.09. The van der Waals surface area contributed by atoms with Crippen LogP contribution < -0.4 is 5.73 Å².